The molecule has 0 atom stereocenters. The van der Waals surface area contributed by atoms with E-state index in [1.807, 2.05) is 24.3 Å². The summed E-state index contributed by atoms with van der Waals surface area (Å²) in [4.78, 5) is 2.28. The normalized spacial score (nSPS) is 11.0. The lowest BCUT2D eigenvalue weighted by molar-refractivity contribution is 0.465. The molecule has 0 amide bonds. The van der Waals surface area contributed by atoms with Gasteiger partial charge < -0.3 is 10.2 Å². The number of hydrogen-bond donors (Lipinski definition) is 2. The summed E-state index contributed by atoms with van der Waals surface area (Å²) in [6.45, 7) is 4.43. The molecule has 3 heteroatoms. The van der Waals surface area contributed by atoms with Crippen LogP contribution in [0.3, 0.4) is 0 Å². The zero-order chi connectivity index (χ0) is 19.5. The Morgan fingerprint density at radius 3 is 1.48 bits per heavy atom. The summed E-state index contributed by atoms with van der Waals surface area (Å²) in [6.07, 6.45) is 11.5. The Morgan fingerprint density at radius 1 is 0.630 bits per heavy atom. The number of benzene rings is 2. The Kier molecular flexibility index (Phi) is 9.61. The van der Waals surface area contributed by atoms with Gasteiger partial charge in [-0.2, -0.15) is 0 Å². The lowest BCUT2D eigenvalue weighted by Crippen LogP contribution is -1.89. The molecule has 0 saturated heterocycles. The largest absolute Gasteiger partial charge is 0.508 e. The van der Waals surface area contributed by atoms with Crippen molar-refractivity contribution in [3.8, 4) is 11.5 Å². The van der Waals surface area contributed by atoms with E-state index in [4.69, 9.17) is 0 Å². The van der Waals surface area contributed by atoms with Gasteiger partial charge in [-0.3, -0.25) is 0 Å². The summed E-state index contributed by atoms with van der Waals surface area (Å²) in [5, 5.41) is 20.3. The number of aromatic hydroxyl groups is 2. The van der Waals surface area contributed by atoms with Crippen LogP contribution in [0.1, 0.15) is 76.3 Å². The molecular weight excluding hydrogens is 352 g/mol. The van der Waals surface area contributed by atoms with Crippen molar-refractivity contribution < 1.29 is 10.2 Å². The summed E-state index contributed by atoms with van der Waals surface area (Å²) in [5.41, 5.74) is 2.07. The van der Waals surface area contributed by atoms with Crippen molar-refractivity contribution in [1.82, 2.24) is 0 Å². The molecule has 2 aromatic rings. The van der Waals surface area contributed by atoms with E-state index in [1.54, 1.807) is 11.8 Å². The average Bonchev–Trinajstić information content (AvgIpc) is 2.67. The molecule has 0 fully saturated rings. The maximum absolute atomic E-state index is 10.1. The third kappa shape index (κ3) is 7.50. The third-order valence-corrected chi connectivity index (χ3v) is 5.92. The number of phenols is 2. The van der Waals surface area contributed by atoms with E-state index >= 15 is 0 Å². The second-order valence-electron chi connectivity index (χ2n) is 7.30. The van der Waals surface area contributed by atoms with Crippen LogP contribution in [0.15, 0.2) is 46.2 Å². The molecule has 0 spiro atoms. The SMILES string of the molecule is CCCCCCc1cc(Sc2ccc(O)c(CCCCCC)c2)ccc1O. The topological polar surface area (TPSA) is 40.5 Å². The van der Waals surface area contributed by atoms with Crippen molar-refractivity contribution in [2.75, 3.05) is 0 Å². The number of unbranched alkanes of at least 4 members (excludes halogenated alkanes) is 6. The molecule has 2 aromatic carbocycles. The Balaban J connectivity index is 2.01. The van der Waals surface area contributed by atoms with E-state index in [0.29, 0.717) is 11.5 Å². The molecular formula is C24H34O2S. The molecule has 0 unspecified atom stereocenters. The quantitative estimate of drug-likeness (QED) is 0.371. The van der Waals surface area contributed by atoms with Gasteiger partial charge in [0, 0.05) is 9.79 Å². The minimum Gasteiger partial charge on any atom is -0.508 e. The summed E-state index contributed by atoms with van der Waals surface area (Å²) in [7, 11) is 0. The standard InChI is InChI=1S/C24H34O2S/c1-3-5-7-9-11-19-17-21(13-15-23(19)25)27-22-14-16-24(26)20(18-22)12-10-8-6-4-2/h13-18,25-26H,3-12H2,1-2H3. The lowest BCUT2D eigenvalue weighted by atomic mass is 10.1. The Hall–Kier alpha value is -1.61. The monoisotopic (exact) mass is 386 g/mol. The average molecular weight is 387 g/mol. The summed E-state index contributed by atoms with van der Waals surface area (Å²) in [6, 6.07) is 11.8. The van der Waals surface area contributed by atoms with E-state index in [2.05, 4.69) is 26.0 Å². The molecule has 27 heavy (non-hydrogen) atoms. The second kappa shape index (κ2) is 12.0. The van der Waals surface area contributed by atoms with Gasteiger partial charge in [0.25, 0.3) is 0 Å². The Bertz CT molecular complexity index is 637. The first kappa shape index (κ1) is 21.7. The fourth-order valence-electron chi connectivity index (χ4n) is 3.27. The van der Waals surface area contributed by atoms with Crippen LogP contribution in [0.25, 0.3) is 0 Å². The highest BCUT2D eigenvalue weighted by molar-refractivity contribution is 7.99. The van der Waals surface area contributed by atoms with E-state index < -0.39 is 0 Å². The summed E-state index contributed by atoms with van der Waals surface area (Å²) >= 11 is 1.70. The smallest absolute Gasteiger partial charge is 0.118 e. The number of phenolic OH excluding ortho intramolecular Hbond substituents is 2. The van der Waals surface area contributed by atoms with Crippen LogP contribution in [-0.2, 0) is 12.8 Å². The van der Waals surface area contributed by atoms with Crippen LogP contribution < -0.4 is 0 Å². The van der Waals surface area contributed by atoms with Gasteiger partial charge in [-0.15, -0.1) is 0 Å². The van der Waals surface area contributed by atoms with Crippen molar-refractivity contribution in [3.63, 3.8) is 0 Å². The number of rotatable bonds is 12. The van der Waals surface area contributed by atoms with E-state index in [1.165, 1.54) is 38.5 Å². The van der Waals surface area contributed by atoms with E-state index in [0.717, 1.165) is 46.6 Å². The highest BCUT2D eigenvalue weighted by Gasteiger charge is 2.07. The molecule has 2 N–H and O–H groups in total. The molecule has 0 saturated carbocycles. The lowest BCUT2D eigenvalue weighted by Gasteiger charge is -2.10. The highest BCUT2D eigenvalue weighted by Crippen LogP contribution is 2.34. The van der Waals surface area contributed by atoms with Gasteiger partial charge in [0.15, 0.2) is 0 Å². The van der Waals surface area contributed by atoms with Gasteiger partial charge in [0.2, 0.25) is 0 Å². The van der Waals surface area contributed by atoms with Crippen LogP contribution in [-0.4, -0.2) is 10.2 Å². The van der Waals surface area contributed by atoms with Gasteiger partial charge in [-0.25, -0.2) is 0 Å². The summed E-state index contributed by atoms with van der Waals surface area (Å²) in [5.74, 6) is 0.802. The fourth-order valence-corrected chi connectivity index (χ4v) is 4.22. The maximum Gasteiger partial charge on any atom is 0.118 e. The molecule has 0 aliphatic heterocycles. The van der Waals surface area contributed by atoms with Gasteiger partial charge >= 0.3 is 0 Å². The van der Waals surface area contributed by atoms with Crippen LogP contribution in [0.5, 0.6) is 11.5 Å². The predicted molar refractivity (Wildman–Crippen MR) is 116 cm³/mol. The van der Waals surface area contributed by atoms with Gasteiger partial charge in [-0.05, 0) is 73.2 Å². The van der Waals surface area contributed by atoms with Gasteiger partial charge in [0.05, 0.1) is 0 Å². The molecule has 148 valence electrons. The van der Waals surface area contributed by atoms with Crippen molar-refractivity contribution in [3.05, 3.63) is 47.5 Å². The molecule has 2 rings (SSSR count). The van der Waals surface area contributed by atoms with Crippen LogP contribution >= 0.6 is 11.8 Å². The molecule has 0 aliphatic rings. The zero-order valence-electron chi connectivity index (χ0n) is 16.8. The maximum atomic E-state index is 10.1. The Labute approximate surface area is 169 Å². The van der Waals surface area contributed by atoms with Crippen molar-refractivity contribution in [1.29, 1.82) is 0 Å². The van der Waals surface area contributed by atoms with Crippen LogP contribution in [0, 0.1) is 0 Å². The van der Waals surface area contributed by atoms with Crippen molar-refractivity contribution in [2.45, 2.75) is 87.8 Å². The zero-order valence-corrected chi connectivity index (χ0v) is 17.7. The fraction of sp³-hybridized carbons (Fsp3) is 0.500. The Morgan fingerprint density at radius 2 is 1.07 bits per heavy atom. The molecule has 0 aliphatic carbocycles. The minimum absolute atomic E-state index is 0.401. The van der Waals surface area contributed by atoms with Gasteiger partial charge in [-0.1, -0.05) is 64.1 Å². The predicted octanol–water partition coefficient (Wildman–Crippen LogP) is 7.49. The van der Waals surface area contributed by atoms with Crippen LogP contribution in [0.2, 0.25) is 0 Å². The van der Waals surface area contributed by atoms with E-state index in [-0.39, 0.29) is 0 Å². The molecule has 0 heterocycles. The molecule has 0 aromatic heterocycles. The molecule has 2 nitrogen and oxygen atoms in total. The summed E-state index contributed by atoms with van der Waals surface area (Å²) < 4.78 is 0. The molecule has 0 bridgehead atoms. The van der Waals surface area contributed by atoms with Crippen molar-refractivity contribution >= 4 is 11.8 Å². The minimum atomic E-state index is 0.401. The van der Waals surface area contributed by atoms with Crippen LogP contribution in [0.4, 0.5) is 0 Å². The first-order valence-electron chi connectivity index (χ1n) is 10.5. The van der Waals surface area contributed by atoms with Crippen molar-refractivity contribution in [2.24, 2.45) is 0 Å². The highest BCUT2D eigenvalue weighted by atomic mass is 32.2. The first-order valence-corrected chi connectivity index (χ1v) is 11.3. The molecule has 0 radical (unpaired) electrons. The first-order chi connectivity index (χ1) is 13.1. The number of hydrogen-bond acceptors (Lipinski definition) is 3. The third-order valence-electron chi connectivity index (χ3n) is 4.94. The van der Waals surface area contributed by atoms with Gasteiger partial charge in [0.1, 0.15) is 11.5 Å². The number of aryl methyl sites for hydroxylation is 2. The van der Waals surface area contributed by atoms with E-state index in [9.17, 15) is 10.2 Å². The second-order valence-corrected chi connectivity index (χ2v) is 8.45.